The number of aromatic nitrogens is 1. The molecule has 0 atom stereocenters. The van der Waals surface area contributed by atoms with Crippen LogP contribution in [0.1, 0.15) is 31.5 Å². The zero-order valence-corrected chi connectivity index (χ0v) is 14.7. The Labute approximate surface area is 136 Å². The Bertz CT molecular complexity index is 484. The molecule has 0 unspecified atom stereocenters. The molecule has 0 aromatic carbocycles. The predicted octanol–water partition coefficient (Wildman–Crippen LogP) is 1.32. The summed E-state index contributed by atoms with van der Waals surface area (Å²) in [6.07, 6.45) is 0.838. The Balaban J connectivity index is 2.31. The molecule has 7 heteroatoms. The van der Waals surface area contributed by atoms with Crippen molar-refractivity contribution in [2.75, 3.05) is 26.2 Å². The number of guanidine groups is 1. The second-order valence-electron chi connectivity index (χ2n) is 5.24. The monoisotopic (exact) mass is 325 g/mol. The van der Waals surface area contributed by atoms with Gasteiger partial charge in [0.15, 0.2) is 5.96 Å². The average molecular weight is 325 g/mol. The number of nitrogens with zero attached hydrogens (tertiary/aromatic N) is 2. The minimum Gasteiger partial charge on any atom is -0.357 e. The van der Waals surface area contributed by atoms with Gasteiger partial charge in [0.05, 0.1) is 10.7 Å². The maximum atomic E-state index is 11.5. The third-order valence-electron chi connectivity index (χ3n) is 2.89. The van der Waals surface area contributed by atoms with Crippen molar-refractivity contribution >= 4 is 23.2 Å². The highest BCUT2D eigenvalue weighted by atomic mass is 32.1. The predicted molar refractivity (Wildman–Crippen MR) is 92.4 cm³/mol. The topological polar surface area (TPSA) is 78.4 Å². The molecule has 0 bridgehead atoms. The standard InChI is InChI=1S/C15H27N5OS/c1-5-16-15(19-9-8-17-14(21)11(2)3)18-7-6-13-10-22-12(4)20-13/h10-11H,5-9H2,1-4H3,(H,17,21)(H2,16,18,19). The van der Waals surface area contributed by atoms with Crippen LogP contribution in [0.2, 0.25) is 0 Å². The Morgan fingerprint density at radius 1 is 1.32 bits per heavy atom. The van der Waals surface area contributed by atoms with E-state index in [1.165, 1.54) is 0 Å². The zero-order chi connectivity index (χ0) is 16.4. The molecule has 124 valence electrons. The van der Waals surface area contributed by atoms with Crippen LogP contribution in [-0.2, 0) is 11.2 Å². The third kappa shape index (κ3) is 7.40. The van der Waals surface area contributed by atoms with Crippen LogP contribution >= 0.6 is 11.3 Å². The summed E-state index contributed by atoms with van der Waals surface area (Å²) in [5.41, 5.74) is 1.09. The normalized spacial score (nSPS) is 11.6. The van der Waals surface area contributed by atoms with Gasteiger partial charge in [-0.25, -0.2) is 4.98 Å². The first kappa shape index (κ1) is 18.4. The molecule has 6 nitrogen and oxygen atoms in total. The fourth-order valence-corrected chi connectivity index (χ4v) is 2.36. The summed E-state index contributed by atoms with van der Waals surface area (Å²) in [5, 5.41) is 12.4. The van der Waals surface area contributed by atoms with Gasteiger partial charge >= 0.3 is 0 Å². The van der Waals surface area contributed by atoms with E-state index in [0.29, 0.717) is 19.6 Å². The van der Waals surface area contributed by atoms with Gasteiger partial charge in [0.2, 0.25) is 5.91 Å². The van der Waals surface area contributed by atoms with Crippen molar-refractivity contribution in [2.24, 2.45) is 10.9 Å². The summed E-state index contributed by atoms with van der Waals surface area (Å²) in [5.74, 6) is 0.861. The maximum absolute atomic E-state index is 11.5. The van der Waals surface area contributed by atoms with Gasteiger partial charge in [0.1, 0.15) is 0 Å². The van der Waals surface area contributed by atoms with Gasteiger partial charge in [0, 0.05) is 43.9 Å². The van der Waals surface area contributed by atoms with E-state index < -0.39 is 0 Å². The second-order valence-corrected chi connectivity index (χ2v) is 6.30. The van der Waals surface area contributed by atoms with Crippen LogP contribution in [0.3, 0.4) is 0 Å². The van der Waals surface area contributed by atoms with Gasteiger partial charge in [-0.15, -0.1) is 11.3 Å². The van der Waals surface area contributed by atoms with Gasteiger partial charge in [0.25, 0.3) is 0 Å². The number of aryl methyl sites for hydroxylation is 1. The van der Waals surface area contributed by atoms with E-state index in [0.717, 1.165) is 29.6 Å². The van der Waals surface area contributed by atoms with Gasteiger partial charge in [-0.05, 0) is 13.8 Å². The van der Waals surface area contributed by atoms with Crippen LogP contribution in [0, 0.1) is 12.8 Å². The quantitative estimate of drug-likeness (QED) is 0.383. The summed E-state index contributed by atoms with van der Waals surface area (Å²) in [4.78, 5) is 20.4. The summed E-state index contributed by atoms with van der Waals surface area (Å²) in [6.45, 7) is 10.5. The molecule has 1 heterocycles. The molecule has 0 aliphatic rings. The first-order valence-electron chi connectivity index (χ1n) is 7.73. The number of hydrogen-bond acceptors (Lipinski definition) is 4. The first-order chi connectivity index (χ1) is 10.5. The maximum Gasteiger partial charge on any atom is 0.222 e. The lowest BCUT2D eigenvalue weighted by molar-refractivity contribution is -0.123. The summed E-state index contributed by atoms with van der Waals surface area (Å²) >= 11 is 1.66. The largest absolute Gasteiger partial charge is 0.357 e. The van der Waals surface area contributed by atoms with Gasteiger partial charge in [-0.3, -0.25) is 9.79 Å². The molecule has 0 fully saturated rings. The molecule has 0 spiro atoms. The van der Waals surface area contributed by atoms with Crippen molar-refractivity contribution in [1.29, 1.82) is 0 Å². The number of amides is 1. The lowest BCUT2D eigenvalue weighted by Crippen LogP contribution is -2.42. The number of rotatable bonds is 8. The van der Waals surface area contributed by atoms with Crippen LogP contribution < -0.4 is 16.0 Å². The van der Waals surface area contributed by atoms with Crippen LogP contribution in [0.15, 0.2) is 10.4 Å². The lowest BCUT2D eigenvalue weighted by Gasteiger charge is -2.12. The molecule has 3 N–H and O–H groups in total. The van der Waals surface area contributed by atoms with Crippen LogP contribution in [0.4, 0.5) is 0 Å². The van der Waals surface area contributed by atoms with Crippen molar-refractivity contribution in [3.63, 3.8) is 0 Å². The van der Waals surface area contributed by atoms with Crippen LogP contribution in [0.5, 0.6) is 0 Å². The molecule has 0 radical (unpaired) electrons. The highest BCUT2D eigenvalue weighted by molar-refractivity contribution is 7.09. The number of carbonyl (C=O) groups excluding carboxylic acids is 1. The average Bonchev–Trinajstić information content (AvgIpc) is 2.88. The molecule has 0 aliphatic carbocycles. The van der Waals surface area contributed by atoms with Gasteiger partial charge < -0.3 is 16.0 Å². The molecular formula is C15H27N5OS. The number of aliphatic imine (C=N–C) groups is 1. The van der Waals surface area contributed by atoms with E-state index in [4.69, 9.17) is 0 Å². The van der Waals surface area contributed by atoms with Crippen molar-refractivity contribution in [1.82, 2.24) is 20.9 Å². The van der Waals surface area contributed by atoms with Crippen molar-refractivity contribution in [3.8, 4) is 0 Å². The summed E-state index contributed by atoms with van der Waals surface area (Å²) in [6, 6.07) is 0. The van der Waals surface area contributed by atoms with E-state index >= 15 is 0 Å². The molecule has 0 aliphatic heterocycles. The highest BCUT2D eigenvalue weighted by Crippen LogP contribution is 2.08. The van der Waals surface area contributed by atoms with E-state index in [1.807, 2.05) is 27.7 Å². The molecule has 1 aromatic heterocycles. The minimum atomic E-state index is 0.0171. The number of thiazole rings is 1. The molecule has 1 rings (SSSR count). The van der Waals surface area contributed by atoms with Gasteiger partial charge in [-0.2, -0.15) is 0 Å². The zero-order valence-electron chi connectivity index (χ0n) is 13.9. The van der Waals surface area contributed by atoms with Crippen molar-refractivity contribution in [2.45, 2.75) is 34.1 Å². The smallest absolute Gasteiger partial charge is 0.222 e. The second kappa shape index (κ2) is 10.2. The van der Waals surface area contributed by atoms with Crippen LogP contribution in [0.25, 0.3) is 0 Å². The molecule has 22 heavy (non-hydrogen) atoms. The molecular weight excluding hydrogens is 298 g/mol. The van der Waals surface area contributed by atoms with Crippen LogP contribution in [-0.4, -0.2) is 43.0 Å². The Morgan fingerprint density at radius 2 is 2.05 bits per heavy atom. The number of hydrogen-bond donors (Lipinski definition) is 3. The van der Waals surface area contributed by atoms with E-state index in [-0.39, 0.29) is 11.8 Å². The first-order valence-corrected chi connectivity index (χ1v) is 8.61. The lowest BCUT2D eigenvalue weighted by atomic mass is 10.2. The molecule has 0 saturated carbocycles. The third-order valence-corrected chi connectivity index (χ3v) is 3.71. The van der Waals surface area contributed by atoms with Crippen molar-refractivity contribution < 1.29 is 4.79 Å². The minimum absolute atomic E-state index is 0.0171. The molecule has 1 amide bonds. The Kier molecular flexibility index (Phi) is 8.50. The fraction of sp³-hybridized carbons (Fsp3) is 0.667. The van der Waals surface area contributed by atoms with E-state index in [1.54, 1.807) is 11.3 Å². The molecule has 1 aromatic rings. The Hall–Kier alpha value is -1.63. The summed E-state index contributed by atoms with van der Waals surface area (Å²) in [7, 11) is 0. The fourth-order valence-electron chi connectivity index (χ4n) is 1.72. The molecule has 0 saturated heterocycles. The number of carbonyl (C=O) groups is 1. The number of nitrogens with one attached hydrogen (secondary N) is 3. The summed E-state index contributed by atoms with van der Waals surface area (Å²) < 4.78 is 0. The van der Waals surface area contributed by atoms with E-state index in [9.17, 15) is 4.79 Å². The highest BCUT2D eigenvalue weighted by Gasteiger charge is 2.05. The van der Waals surface area contributed by atoms with Crippen molar-refractivity contribution in [3.05, 3.63) is 16.1 Å². The van der Waals surface area contributed by atoms with E-state index in [2.05, 4.69) is 31.3 Å². The Morgan fingerprint density at radius 3 is 2.64 bits per heavy atom. The van der Waals surface area contributed by atoms with Gasteiger partial charge in [-0.1, -0.05) is 13.8 Å². The SMILES string of the molecule is CCNC(=NCCc1csc(C)n1)NCCNC(=O)C(C)C.